The zero-order valence-corrected chi connectivity index (χ0v) is 19.3. The van der Waals surface area contributed by atoms with E-state index in [0.29, 0.717) is 24.2 Å². The van der Waals surface area contributed by atoms with E-state index in [9.17, 15) is 18.0 Å². The van der Waals surface area contributed by atoms with Crippen LogP contribution in [0.1, 0.15) is 31.8 Å². The molecule has 0 unspecified atom stereocenters. The molecule has 0 atom stereocenters. The lowest BCUT2D eigenvalue weighted by Crippen LogP contribution is -2.29. The molecule has 1 heterocycles. The topological polar surface area (TPSA) is 86.8 Å². The highest BCUT2D eigenvalue weighted by molar-refractivity contribution is 7.92. The van der Waals surface area contributed by atoms with Crippen LogP contribution in [-0.4, -0.2) is 45.8 Å². The predicted octanol–water partition coefficient (Wildman–Crippen LogP) is 3.07. The number of fused-ring (bicyclic) bond motifs is 1. The number of rotatable bonds is 6. The van der Waals surface area contributed by atoms with Crippen LogP contribution >= 0.6 is 0 Å². The normalized spacial score (nSPS) is 12.8. The third-order valence-electron chi connectivity index (χ3n) is 5.59. The minimum atomic E-state index is -3.78. The molecule has 1 aliphatic rings. The minimum absolute atomic E-state index is 0.0819. The van der Waals surface area contributed by atoms with Crippen LogP contribution in [0.5, 0.6) is 0 Å². The van der Waals surface area contributed by atoms with E-state index in [1.165, 1.54) is 21.3 Å². The summed E-state index contributed by atoms with van der Waals surface area (Å²) in [5.74, 6) is -0.466. The highest BCUT2D eigenvalue weighted by Gasteiger charge is 2.30. The lowest BCUT2D eigenvalue weighted by Gasteiger charge is -2.20. The van der Waals surface area contributed by atoms with Gasteiger partial charge in [-0.3, -0.25) is 13.9 Å². The summed E-state index contributed by atoms with van der Waals surface area (Å²) in [5, 5.41) is 2.81. The fourth-order valence-electron chi connectivity index (χ4n) is 3.79. The fraction of sp³-hybridized carbons (Fsp3) is 0.200. The van der Waals surface area contributed by atoms with Crippen molar-refractivity contribution in [1.29, 1.82) is 0 Å². The number of amides is 2. The molecule has 33 heavy (non-hydrogen) atoms. The Morgan fingerprint density at radius 2 is 1.67 bits per heavy atom. The number of hydrogen-bond acceptors (Lipinski definition) is 4. The molecule has 0 aromatic heterocycles. The number of para-hydroxylation sites is 1. The number of hydrogen-bond donors (Lipinski definition) is 1. The molecule has 170 valence electrons. The van der Waals surface area contributed by atoms with Crippen LogP contribution in [0, 0.1) is 0 Å². The summed E-state index contributed by atoms with van der Waals surface area (Å²) in [6.07, 6.45) is 0.661. The minimum Gasteiger partial charge on any atom is -0.348 e. The van der Waals surface area contributed by atoms with Gasteiger partial charge in [-0.05, 0) is 53.9 Å². The maximum Gasteiger partial charge on any atom is 0.264 e. The van der Waals surface area contributed by atoms with E-state index < -0.39 is 10.0 Å². The number of carbonyl (C=O) groups excluding carboxylic acids is 2. The summed E-state index contributed by atoms with van der Waals surface area (Å²) in [6, 6.07) is 20.5. The Kier molecular flexibility index (Phi) is 6.20. The van der Waals surface area contributed by atoms with Crippen molar-refractivity contribution in [3.8, 4) is 0 Å². The summed E-state index contributed by atoms with van der Waals surface area (Å²) < 4.78 is 27.9. The first-order chi connectivity index (χ1) is 15.8. The first-order valence-corrected chi connectivity index (χ1v) is 12.0. The number of carbonyl (C=O) groups is 2. The Morgan fingerprint density at radius 1 is 0.939 bits per heavy atom. The lowest BCUT2D eigenvalue weighted by molar-refractivity contribution is 0.0827. The molecular formula is C25H25N3O4S. The first-order valence-electron chi connectivity index (χ1n) is 10.6. The van der Waals surface area contributed by atoms with Gasteiger partial charge in [0, 0.05) is 38.3 Å². The fourth-order valence-corrected chi connectivity index (χ4v) is 5.34. The Morgan fingerprint density at radius 3 is 2.39 bits per heavy atom. The molecule has 0 saturated heterocycles. The van der Waals surface area contributed by atoms with Crippen LogP contribution in [0.15, 0.2) is 77.7 Å². The number of nitrogens with one attached hydrogen (secondary N) is 1. The monoisotopic (exact) mass is 463 g/mol. The van der Waals surface area contributed by atoms with Crippen LogP contribution in [0.25, 0.3) is 0 Å². The predicted molar refractivity (Wildman–Crippen MR) is 127 cm³/mol. The van der Waals surface area contributed by atoms with E-state index in [4.69, 9.17) is 0 Å². The zero-order valence-electron chi connectivity index (χ0n) is 18.5. The molecule has 3 aromatic rings. The second kappa shape index (κ2) is 9.07. The number of anilines is 1. The van der Waals surface area contributed by atoms with Crippen molar-refractivity contribution in [1.82, 2.24) is 10.2 Å². The summed E-state index contributed by atoms with van der Waals surface area (Å²) in [6.45, 7) is 0.635. The Labute approximate surface area is 193 Å². The van der Waals surface area contributed by atoms with E-state index >= 15 is 0 Å². The van der Waals surface area contributed by atoms with E-state index in [-0.39, 0.29) is 28.8 Å². The molecular weight excluding hydrogens is 438 g/mol. The largest absolute Gasteiger partial charge is 0.348 e. The van der Waals surface area contributed by atoms with Gasteiger partial charge in [0.1, 0.15) is 0 Å². The molecule has 4 rings (SSSR count). The highest BCUT2D eigenvalue weighted by atomic mass is 32.2. The van der Waals surface area contributed by atoms with Crippen LogP contribution in [0.2, 0.25) is 0 Å². The summed E-state index contributed by atoms with van der Waals surface area (Å²) in [5.41, 5.74) is 3.34. The van der Waals surface area contributed by atoms with Gasteiger partial charge in [-0.1, -0.05) is 36.4 Å². The molecule has 2 amide bonds. The molecule has 8 heteroatoms. The maximum absolute atomic E-state index is 13.2. The van der Waals surface area contributed by atoms with Crippen molar-refractivity contribution in [3.05, 3.63) is 95.1 Å². The van der Waals surface area contributed by atoms with Crippen molar-refractivity contribution in [2.45, 2.75) is 17.9 Å². The van der Waals surface area contributed by atoms with Crippen LogP contribution in [-0.2, 0) is 23.0 Å². The summed E-state index contributed by atoms with van der Waals surface area (Å²) in [7, 11) is -0.402. The first kappa shape index (κ1) is 22.5. The van der Waals surface area contributed by atoms with Crippen molar-refractivity contribution in [2.75, 3.05) is 24.9 Å². The van der Waals surface area contributed by atoms with Gasteiger partial charge in [0.05, 0.1) is 10.6 Å². The Balaban J connectivity index is 1.47. The lowest BCUT2D eigenvalue weighted by atomic mass is 10.1. The van der Waals surface area contributed by atoms with Crippen LogP contribution in [0.3, 0.4) is 0 Å². The second-order valence-corrected chi connectivity index (χ2v) is 9.93. The molecule has 0 fully saturated rings. The molecule has 0 saturated carbocycles. The smallest absolute Gasteiger partial charge is 0.264 e. The maximum atomic E-state index is 13.2. The van der Waals surface area contributed by atoms with Gasteiger partial charge in [0.15, 0.2) is 0 Å². The third-order valence-corrected chi connectivity index (χ3v) is 7.40. The van der Waals surface area contributed by atoms with E-state index in [2.05, 4.69) is 5.32 Å². The van der Waals surface area contributed by atoms with E-state index in [1.807, 2.05) is 18.2 Å². The zero-order chi connectivity index (χ0) is 23.6. The molecule has 0 radical (unpaired) electrons. The average molecular weight is 464 g/mol. The molecule has 3 aromatic carbocycles. The molecule has 0 bridgehead atoms. The van der Waals surface area contributed by atoms with Gasteiger partial charge >= 0.3 is 0 Å². The second-order valence-electron chi connectivity index (χ2n) is 8.06. The third kappa shape index (κ3) is 4.61. The number of nitrogens with zero attached hydrogens (tertiary/aromatic N) is 2. The van der Waals surface area contributed by atoms with Crippen LogP contribution < -0.4 is 9.62 Å². The standard InChI is InChI=1S/C25H25N3O4S/c1-27(2)25(30)20-12-10-18(11-13-20)17-26-24(29)21-7-5-8-22(16-21)33(31,32)28-15-14-19-6-3-4-9-23(19)28/h3-13,16H,14-15,17H2,1-2H3,(H,26,29). The van der Waals surface area contributed by atoms with Gasteiger partial charge in [-0.25, -0.2) is 8.42 Å². The molecule has 1 N–H and O–H groups in total. The van der Waals surface area contributed by atoms with Crippen molar-refractivity contribution < 1.29 is 18.0 Å². The Bertz CT molecular complexity index is 1300. The van der Waals surface area contributed by atoms with Crippen molar-refractivity contribution >= 4 is 27.5 Å². The summed E-state index contributed by atoms with van der Waals surface area (Å²) in [4.78, 5) is 26.3. The highest BCUT2D eigenvalue weighted by Crippen LogP contribution is 2.32. The van der Waals surface area contributed by atoms with Gasteiger partial charge < -0.3 is 10.2 Å². The van der Waals surface area contributed by atoms with Gasteiger partial charge in [-0.15, -0.1) is 0 Å². The van der Waals surface area contributed by atoms with E-state index in [0.717, 1.165) is 11.1 Å². The van der Waals surface area contributed by atoms with Crippen LogP contribution in [0.4, 0.5) is 5.69 Å². The molecule has 7 nitrogen and oxygen atoms in total. The summed E-state index contributed by atoms with van der Waals surface area (Å²) >= 11 is 0. The molecule has 1 aliphatic heterocycles. The Hall–Kier alpha value is -3.65. The van der Waals surface area contributed by atoms with Gasteiger partial charge in [0.2, 0.25) is 0 Å². The quantitative estimate of drug-likeness (QED) is 0.609. The van der Waals surface area contributed by atoms with E-state index in [1.54, 1.807) is 56.6 Å². The van der Waals surface area contributed by atoms with Crippen molar-refractivity contribution in [3.63, 3.8) is 0 Å². The average Bonchev–Trinajstić information content (AvgIpc) is 3.27. The van der Waals surface area contributed by atoms with Gasteiger partial charge in [0.25, 0.3) is 21.8 Å². The SMILES string of the molecule is CN(C)C(=O)c1ccc(CNC(=O)c2cccc(S(=O)(=O)N3CCc4ccccc43)c2)cc1. The number of sulfonamides is 1. The van der Waals surface area contributed by atoms with Crippen molar-refractivity contribution in [2.24, 2.45) is 0 Å². The number of benzene rings is 3. The van der Waals surface area contributed by atoms with Gasteiger partial charge in [-0.2, -0.15) is 0 Å². The molecule has 0 spiro atoms. The molecule has 0 aliphatic carbocycles.